The van der Waals surface area contributed by atoms with E-state index in [4.69, 9.17) is 4.74 Å². The van der Waals surface area contributed by atoms with E-state index in [1.165, 1.54) is 11.0 Å². The molecule has 2 aliphatic rings. The molecule has 1 aliphatic heterocycles. The van der Waals surface area contributed by atoms with Gasteiger partial charge in [0, 0.05) is 18.9 Å². The first-order valence-corrected chi connectivity index (χ1v) is 9.99. The predicted octanol–water partition coefficient (Wildman–Crippen LogP) is 2.74. The van der Waals surface area contributed by atoms with Crippen LogP contribution in [-0.4, -0.2) is 60.9 Å². The number of rotatable bonds is 6. The average molecular weight is 411 g/mol. The SMILES string of the molecule is C=CC(=O)N1CCC(F)C(Oc2nc(Nc3cnn(C4CC4)c3)nc3[nH]ccc23)C1. The lowest BCUT2D eigenvalue weighted by Crippen LogP contribution is -2.49. The molecule has 4 heterocycles. The molecule has 156 valence electrons. The minimum Gasteiger partial charge on any atom is -0.469 e. The highest BCUT2D eigenvalue weighted by molar-refractivity contribution is 5.87. The van der Waals surface area contributed by atoms with Crippen molar-refractivity contribution >= 4 is 28.6 Å². The van der Waals surface area contributed by atoms with Crippen LogP contribution in [0.1, 0.15) is 25.3 Å². The lowest BCUT2D eigenvalue weighted by atomic mass is 10.1. The summed E-state index contributed by atoms with van der Waals surface area (Å²) < 4.78 is 22.5. The summed E-state index contributed by atoms with van der Waals surface area (Å²) in [5.41, 5.74) is 1.34. The van der Waals surface area contributed by atoms with E-state index in [0.29, 0.717) is 29.6 Å². The van der Waals surface area contributed by atoms with Gasteiger partial charge >= 0.3 is 0 Å². The number of nitrogens with one attached hydrogen (secondary N) is 2. The summed E-state index contributed by atoms with van der Waals surface area (Å²) >= 11 is 0. The molecule has 1 aliphatic carbocycles. The van der Waals surface area contributed by atoms with E-state index >= 15 is 0 Å². The molecule has 0 bridgehead atoms. The summed E-state index contributed by atoms with van der Waals surface area (Å²) in [7, 11) is 0. The van der Waals surface area contributed by atoms with E-state index in [2.05, 4.69) is 31.9 Å². The van der Waals surface area contributed by atoms with Crippen molar-refractivity contribution in [3.8, 4) is 5.88 Å². The lowest BCUT2D eigenvalue weighted by molar-refractivity contribution is -0.130. The number of H-pyrrole nitrogens is 1. The van der Waals surface area contributed by atoms with Crippen LogP contribution in [0.3, 0.4) is 0 Å². The number of hydrogen-bond acceptors (Lipinski definition) is 6. The van der Waals surface area contributed by atoms with Gasteiger partial charge in [-0.05, 0) is 31.4 Å². The van der Waals surface area contributed by atoms with Gasteiger partial charge in [0.25, 0.3) is 0 Å². The van der Waals surface area contributed by atoms with Crippen molar-refractivity contribution < 1.29 is 13.9 Å². The average Bonchev–Trinajstić information content (AvgIpc) is 3.30. The van der Waals surface area contributed by atoms with Gasteiger partial charge in [-0.2, -0.15) is 15.1 Å². The van der Waals surface area contributed by atoms with Crippen LogP contribution in [0.25, 0.3) is 11.0 Å². The fourth-order valence-corrected chi connectivity index (χ4v) is 3.60. The Morgan fingerprint density at radius 1 is 1.37 bits per heavy atom. The van der Waals surface area contributed by atoms with Gasteiger partial charge in [-0.25, -0.2) is 4.39 Å². The number of likely N-dealkylation sites (tertiary alicyclic amines) is 1. The van der Waals surface area contributed by atoms with Crippen molar-refractivity contribution in [1.29, 1.82) is 0 Å². The van der Waals surface area contributed by atoms with E-state index in [-0.39, 0.29) is 24.8 Å². The first kappa shape index (κ1) is 18.6. The Hall–Kier alpha value is -3.43. The number of carbonyl (C=O) groups is 1. The maximum atomic E-state index is 14.6. The number of ether oxygens (including phenoxy) is 1. The third-order valence-corrected chi connectivity index (χ3v) is 5.39. The van der Waals surface area contributed by atoms with E-state index in [9.17, 15) is 9.18 Å². The third kappa shape index (κ3) is 3.60. The van der Waals surface area contributed by atoms with Crippen LogP contribution in [0.5, 0.6) is 5.88 Å². The van der Waals surface area contributed by atoms with Gasteiger partial charge in [0.2, 0.25) is 17.7 Å². The van der Waals surface area contributed by atoms with Gasteiger partial charge in [-0.15, -0.1) is 0 Å². The second-order valence-corrected chi connectivity index (χ2v) is 7.61. The third-order valence-electron chi connectivity index (χ3n) is 5.39. The number of aromatic nitrogens is 5. The predicted molar refractivity (Wildman–Crippen MR) is 108 cm³/mol. The van der Waals surface area contributed by atoms with Gasteiger partial charge in [-0.1, -0.05) is 6.58 Å². The maximum Gasteiger partial charge on any atom is 0.246 e. The summed E-state index contributed by atoms with van der Waals surface area (Å²) in [5, 5.41) is 8.13. The molecule has 3 aromatic rings. The molecule has 2 N–H and O–H groups in total. The lowest BCUT2D eigenvalue weighted by Gasteiger charge is -2.34. The number of carbonyl (C=O) groups excluding carboxylic acids is 1. The molecule has 9 nitrogen and oxygen atoms in total. The first-order valence-electron chi connectivity index (χ1n) is 9.99. The van der Waals surface area contributed by atoms with Crippen molar-refractivity contribution in [3.63, 3.8) is 0 Å². The van der Waals surface area contributed by atoms with Crippen LogP contribution < -0.4 is 10.1 Å². The van der Waals surface area contributed by atoms with Crippen LogP contribution in [-0.2, 0) is 4.79 Å². The molecule has 2 atom stereocenters. The summed E-state index contributed by atoms with van der Waals surface area (Å²) in [6.07, 6.45) is 7.06. The number of alkyl halides is 1. The molecule has 2 unspecified atom stereocenters. The molecule has 3 aromatic heterocycles. The quantitative estimate of drug-likeness (QED) is 0.605. The number of halogens is 1. The van der Waals surface area contributed by atoms with Crippen LogP contribution in [0, 0.1) is 0 Å². The Labute approximate surface area is 171 Å². The molecule has 0 aromatic carbocycles. The van der Waals surface area contributed by atoms with Crippen molar-refractivity contribution in [1.82, 2.24) is 29.6 Å². The normalized spacial score (nSPS) is 21.6. The molecule has 2 fully saturated rings. The zero-order valence-corrected chi connectivity index (χ0v) is 16.3. The number of amides is 1. The Morgan fingerprint density at radius 2 is 2.23 bits per heavy atom. The number of nitrogens with zero attached hydrogens (tertiary/aromatic N) is 5. The first-order chi connectivity index (χ1) is 14.6. The molecule has 1 amide bonds. The molecule has 10 heteroatoms. The Bertz CT molecular complexity index is 1090. The van der Waals surface area contributed by atoms with Gasteiger partial charge in [-0.3, -0.25) is 9.48 Å². The standard InChI is InChI=1S/C20H22FN7O2/c1-2-17(29)27-8-6-15(21)16(11-27)30-19-14-5-7-22-18(14)25-20(26-19)24-12-9-23-28(10-12)13-3-4-13/h2,5,7,9-10,13,15-16H,1,3-4,6,8,11H2,(H2,22,24,25,26). The van der Waals surface area contributed by atoms with Crippen molar-refractivity contribution in [2.75, 3.05) is 18.4 Å². The molecule has 0 radical (unpaired) electrons. The summed E-state index contributed by atoms with van der Waals surface area (Å²) in [6, 6.07) is 2.25. The molecular weight excluding hydrogens is 389 g/mol. The van der Waals surface area contributed by atoms with Gasteiger partial charge in [0.05, 0.1) is 29.9 Å². The fraction of sp³-hybridized carbons (Fsp3) is 0.400. The van der Waals surface area contributed by atoms with E-state index in [1.54, 1.807) is 18.5 Å². The molecular formula is C20H22FN7O2. The van der Waals surface area contributed by atoms with Crippen molar-refractivity contribution in [2.24, 2.45) is 0 Å². The highest BCUT2D eigenvalue weighted by atomic mass is 19.1. The Balaban J connectivity index is 1.39. The highest BCUT2D eigenvalue weighted by Gasteiger charge is 2.33. The van der Waals surface area contributed by atoms with Crippen LogP contribution in [0.15, 0.2) is 37.3 Å². The molecule has 5 rings (SSSR count). The molecule has 1 saturated heterocycles. The summed E-state index contributed by atoms with van der Waals surface area (Å²) in [4.78, 5) is 25.4. The topological polar surface area (TPSA) is 101 Å². The number of aromatic amines is 1. The number of hydrogen-bond donors (Lipinski definition) is 2. The van der Waals surface area contributed by atoms with Crippen LogP contribution in [0.2, 0.25) is 0 Å². The molecule has 0 spiro atoms. The number of fused-ring (bicyclic) bond motifs is 1. The highest BCUT2D eigenvalue weighted by Crippen LogP contribution is 2.35. The number of anilines is 2. The van der Waals surface area contributed by atoms with Crippen molar-refractivity contribution in [2.45, 2.75) is 37.6 Å². The largest absolute Gasteiger partial charge is 0.469 e. The smallest absolute Gasteiger partial charge is 0.246 e. The summed E-state index contributed by atoms with van der Waals surface area (Å²) in [6.45, 7) is 3.98. The minimum absolute atomic E-state index is 0.138. The van der Waals surface area contributed by atoms with Gasteiger partial charge < -0.3 is 19.9 Å². The van der Waals surface area contributed by atoms with E-state index in [1.807, 2.05) is 10.9 Å². The summed E-state index contributed by atoms with van der Waals surface area (Å²) in [5.74, 6) is 0.347. The van der Waals surface area contributed by atoms with Crippen molar-refractivity contribution in [3.05, 3.63) is 37.3 Å². The monoisotopic (exact) mass is 411 g/mol. The Morgan fingerprint density at radius 3 is 3.03 bits per heavy atom. The second-order valence-electron chi connectivity index (χ2n) is 7.61. The molecule has 1 saturated carbocycles. The van der Waals surface area contributed by atoms with Gasteiger partial charge in [0.1, 0.15) is 17.9 Å². The van der Waals surface area contributed by atoms with Gasteiger partial charge in [0.15, 0.2) is 0 Å². The van der Waals surface area contributed by atoms with Crippen LogP contribution >= 0.6 is 0 Å². The Kier molecular flexibility index (Phi) is 4.61. The molecule has 30 heavy (non-hydrogen) atoms. The number of piperidine rings is 1. The zero-order chi connectivity index (χ0) is 20.7. The van der Waals surface area contributed by atoms with E-state index in [0.717, 1.165) is 18.5 Å². The van der Waals surface area contributed by atoms with Crippen LogP contribution in [0.4, 0.5) is 16.0 Å². The maximum absolute atomic E-state index is 14.6. The van der Waals surface area contributed by atoms with E-state index < -0.39 is 12.3 Å². The second kappa shape index (κ2) is 7.43. The zero-order valence-electron chi connectivity index (χ0n) is 16.3. The minimum atomic E-state index is -1.20. The fourth-order valence-electron chi connectivity index (χ4n) is 3.60.